The van der Waals surface area contributed by atoms with E-state index >= 15 is 0 Å². The number of carboxylic acid groups (broad SMARTS) is 1. The van der Waals surface area contributed by atoms with E-state index in [1.165, 1.54) is 18.2 Å². The summed E-state index contributed by atoms with van der Waals surface area (Å²) in [7, 11) is -1.93. The quantitative estimate of drug-likeness (QED) is 0.276. The lowest BCUT2D eigenvalue weighted by atomic mass is 9.75. The van der Waals surface area contributed by atoms with E-state index in [4.69, 9.17) is 5.11 Å². The maximum Gasteiger partial charge on any atom is 0.475 e. The molecule has 0 bridgehead atoms. The molecule has 0 aliphatic rings. The number of phenols is 1. The number of rotatable bonds is 9. The molecule has 0 radical (unpaired) electrons. The predicted octanol–water partition coefficient (Wildman–Crippen LogP) is 1.45. The predicted molar refractivity (Wildman–Crippen MR) is 118 cm³/mol. The number of carbonyl (C=O) groups excluding carboxylic acids is 1. The second-order valence-electron chi connectivity index (χ2n) is 7.11. The molecule has 0 saturated carbocycles. The van der Waals surface area contributed by atoms with Gasteiger partial charge in [0.2, 0.25) is 0 Å². The Morgan fingerprint density at radius 2 is 1.84 bits per heavy atom. The number of carboxylic acids is 1. The lowest BCUT2D eigenvalue weighted by Gasteiger charge is -2.19. The van der Waals surface area contributed by atoms with Gasteiger partial charge in [-0.1, -0.05) is 24.3 Å². The number of pyridine rings is 1. The van der Waals surface area contributed by atoms with E-state index in [2.05, 4.69) is 15.6 Å². The van der Waals surface area contributed by atoms with Crippen LogP contribution in [0.25, 0.3) is 0 Å². The number of hydrogen-bond donors (Lipinski definition) is 6. The third-order valence-corrected chi connectivity index (χ3v) is 4.81. The van der Waals surface area contributed by atoms with Gasteiger partial charge in [-0.05, 0) is 47.9 Å². The molecule has 0 unspecified atom stereocenters. The maximum atomic E-state index is 12.7. The summed E-state index contributed by atoms with van der Waals surface area (Å²) in [4.78, 5) is 27.9. The summed E-state index contributed by atoms with van der Waals surface area (Å²) in [5.74, 6) is -3.51. The largest absolute Gasteiger partial charge is 0.507 e. The number of aromatic hydroxyl groups is 1. The van der Waals surface area contributed by atoms with Crippen molar-refractivity contribution in [3.63, 3.8) is 0 Å². The fraction of sp³-hybridized carbons (Fsp3) is 0.136. The Labute approximate surface area is 184 Å². The minimum atomic E-state index is -1.93. The molecule has 1 atom stereocenters. The molecule has 1 aromatic heterocycles. The standard InChI is InChI=1S/C22H22BN3O6/c27-20-15(5-2-8-18(20)22(29)30)11-19(23(31)32)26-21(28)16-6-1-4-14(10-16)12-25-17-7-3-9-24-13-17/h1-10,13,19,25,27,31-32H,11-12H2,(H,26,28)(H,29,30)/t19-/m0/s1. The van der Waals surface area contributed by atoms with Crippen LogP contribution in [0.4, 0.5) is 5.69 Å². The van der Waals surface area contributed by atoms with Gasteiger partial charge < -0.3 is 30.9 Å². The average Bonchev–Trinajstić information content (AvgIpc) is 2.79. The average molecular weight is 435 g/mol. The normalized spacial score (nSPS) is 11.4. The first-order valence-corrected chi connectivity index (χ1v) is 9.79. The summed E-state index contributed by atoms with van der Waals surface area (Å²) in [6, 6.07) is 14.6. The van der Waals surface area contributed by atoms with Crippen LogP contribution in [0.5, 0.6) is 5.75 Å². The van der Waals surface area contributed by atoms with E-state index in [1.54, 1.807) is 36.7 Å². The Morgan fingerprint density at radius 3 is 2.53 bits per heavy atom. The molecular formula is C22H22BN3O6. The van der Waals surface area contributed by atoms with Crippen LogP contribution < -0.4 is 10.6 Å². The number of amides is 1. The van der Waals surface area contributed by atoms with Gasteiger partial charge in [-0.2, -0.15) is 0 Å². The lowest BCUT2D eigenvalue weighted by Crippen LogP contribution is -2.48. The molecule has 9 nitrogen and oxygen atoms in total. The molecule has 0 aliphatic carbocycles. The number of aromatic carboxylic acids is 1. The van der Waals surface area contributed by atoms with E-state index < -0.39 is 30.7 Å². The van der Waals surface area contributed by atoms with Crippen LogP contribution in [0.1, 0.15) is 31.8 Å². The molecule has 1 amide bonds. The Hall–Kier alpha value is -3.89. The van der Waals surface area contributed by atoms with Crippen LogP contribution in [-0.2, 0) is 13.0 Å². The molecule has 10 heteroatoms. The molecule has 3 rings (SSSR count). The van der Waals surface area contributed by atoms with Crippen molar-refractivity contribution < 1.29 is 29.9 Å². The zero-order valence-corrected chi connectivity index (χ0v) is 17.0. The highest BCUT2D eigenvalue weighted by Gasteiger charge is 2.28. The van der Waals surface area contributed by atoms with E-state index in [0.717, 1.165) is 11.3 Å². The summed E-state index contributed by atoms with van der Waals surface area (Å²) in [6.45, 7) is 0.453. The first-order chi connectivity index (χ1) is 15.3. The van der Waals surface area contributed by atoms with E-state index in [-0.39, 0.29) is 17.5 Å². The molecule has 0 fully saturated rings. The second kappa shape index (κ2) is 10.4. The molecule has 32 heavy (non-hydrogen) atoms. The van der Waals surface area contributed by atoms with Gasteiger partial charge in [0.15, 0.2) is 0 Å². The van der Waals surface area contributed by atoms with Crippen LogP contribution in [0.15, 0.2) is 67.0 Å². The Bertz CT molecular complexity index is 1090. The third-order valence-electron chi connectivity index (χ3n) is 4.81. The van der Waals surface area contributed by atoms with Crippen LogP contribution in [0.2, 0.25) is 0 Å². The van der Waals surface area contributed by atoms with Crippen molar-refractivity contribution >= 4 is 24.7 Å². The molecule has 0 saturated heterocycles. The maximum absolute atomic E-state index is 12.7. The van der Waals surface area contributed by atoms with Gasteiger partial charge in [0.25, 0.3) is 5.91 Å². The topological polar surface area (TPSA) is 152 Å². The highest BCUT2D eigenvalue weighted by atomic mass is 16.4. The second-order valence-corrected chi connectivity index (χ2v) is 7.11. The molecule has 2 aromatic carbocycles. The number of benzene rings is 2. The van der Waals surface area contributed by atoms with E-state index in [1.807, 2.05) is 12.1 Å². The molecule has 1 heterocycles. The zero-order valence-electron chi connectivity index (χ0n) is 17.0. The summed E-state index contributed by atoms with van der Waals surface area (Å²) in [5.41, 5.74) is 1.82. The van der Waals surface area contributed by atoms with Crippen LogP contribution >= 0.6 is 0 Å². The summed E-state index contributed by atoms with van der Waals surface area (Å²) in [5, 5.41) is 44.5. The van der Waals surface area contributed by atoms with Crippen LogP contribution in [-0.4, -0.2) is 50.2 Å². The number of anilines is 1. The Balaban J connectivity index is 1.70. The van der Waals surface area contributed by atoms with Gasteiger partial charge in [0.1, 0.15) is 11.3 Å². The van der Waals surface area contributed by atoms with Crippen molar-refractivity contribution in [2.75, 3.05) is 5.32 Å². The number of nitrogens with zero attached hydrogens (tertiary/aromatic N) is 1. The highest BCUT2D eigenvalue weighted by molar-refractivity contribution is 6.43. The van der Waals surface area contributed by atoms with Crippen LogP contribution in [0, 0.1) is 0 Å². The molecule has 0 aliphatic heterocycles. The summed E-state index contributed by atoms with van der Waals surface area (Å²) < 4.78 is 0. The van der Waals surface area contributed by atoms with Crippen molar-refractivity contribution in [1.29, 1.82) is 0 Å². The fourth-order valence-corrected chi connectivity index (χ4v) is 3.14. The monoisotopic (exact) mass is 435 g/mol. The van der Waals surface area contributed by atoms with Gasteiger partial charge in [0, 0.05) is 24.5 Å². The van der Waals surface area contributed by atoms with Crippen LogP contribution in [0.3, 0.4) is 0 Å². The molecule has 0 spiro atoms. The fourth-order valence-electron chi connectivity index (χ4n) is 3.14. The first kappa shape index (κ1) is 22.8. The number of hydrogen-bond acceptors (Lipinski definition) is 7. The van der Waals surface area contributed by atoms with E-state index in [9.17, 15) is 24.7 Å². The lowest BCUT2D eigenvalue weighted by molar-refractivity contribution is 0.0693. The van der Waals surface area contributed by atoms with E-state index in [0.29, 0.717) is 12.1 Å². The molecule has 3 aromatic rings. The van der Waals surface area contributed by atoms with Crippen molar-refractivity contribution in [2.24, 2.45) is 0 Å². The molecule has 164 valence electrons. The van der Waals surface area contributed by atoms with Gasteiger partial charge >= 0.3 is 13.1 Å². The van der Waals surface area contributed by atoms with Crippen molar-refractivity contribution in [2.45, 2.75) is 18.9 Å². The Kier molecular flexibility index (Phi) is 7.43. The zero-order chi connectivity index (χ0) is 23.1. The van der Waals surface area contributed by atoms with Gasteiger partial charge in [-0.15, -0.1) is 0 Å². The minimum Gasteiger partial charge on any atom is -0.507 e. The molecular weight excluding hydrogens is 413 g/mol. The number of carbonyl (C=O) groups is 2. The highest BCUT2D eigenvalue weighted by Crippen LogP contribution is 2.24. The number of nitrogens with one attached hydrogen (secondary N) is 2. The van der Waals surface area contributed by atoms with Gasteiger partial charge in [-0.25, -0.2) is 4.79 Å². The van der Waals surface area contributed by atoms with Crippen molar-refractivity contribution in [1.82, 2.24) is 10.3 Å². The number of para-hydroxylation sites is 1. The first-order valence-electron chi connectivity index (χ1n) is 9.79. The van der Waals surface area contributed by atoms with Crippen molar-refractivity contribution in [3.05, 3.63) is 89.2 Å². The minimum absolute atomic E-state index is 0.165. The van der Waals surface area contributed by atoms with Crippen molar-refractivity contribution in [3.8, 4) is 5.75 Å². The van der Waals surface area contributed by atoms with Gasteiger partial charge in [-0.3, -0.25) is 9.78 Å². The van der Waals surface area contributed by atoms with Gasteiger partial charge in [0.05, 0.1) is 11.6 Å². The summed E-state index contributed by atoms with van der Waals surface area (Å²) in [6.07, 6.45) is 3.16. The Morgan fingerprint density at radius 1 is 1.06 bits per heavy atom. The SMILES string of the molecule is O=C(N[C@@H](Cc1cccc(C(=O)O)c1O)B(O)O)c1cccc(CNc2cccnc2)c1. The molecule has 6 N–H and O–H groups in total. The number of aromatic nitrogens is 1. The smallest absolute Gasteiger partial charge is 0.475 e. The third kappa shape index (κ3) is 5.84. The summed E-state index contributed by atoms with van der Waals surface area (Å²) >= 11 is 0.